The maximum Gasteiger partial charge on any atom is 0.275 e. The zero-order chi connectivity index (χ0) is 28.5. The van der Waals surface area contributed by atoms with Crippen LogP contribution in [0, 0.1) is 6.92 Å². The summed E-state index contributed by atoms with van der Waals surface area (Å²) in [7, 11) is 0. The number of amides is 3. The van der Waals surface area contributed by atoms with Crippen molar-refractivity contribution in [2.75, 3.05) is 0 Å². The summed E-state index contributed by atoms with van der Waals surface area (Å²) < 4.78 is 5.92. The number of likely N-dealkylation sites (tertiary alicyclic amines) is 1. The summed E-state index contributed by atoms with van der Waals surface area (Å²) in [5.74, 6) is -0.416. The molecule has 0 aliphatic carbocycles. The standard InChI is InChI=1S/C29H37ClN4O5/c1-16-13-20(9-11-23(16)39-24-14-17(2)32-33-27(24)36)26(35)31-18(3)28(37)34-22(10-12-25(34)29(4,5)38)19-7-6-8-21(30)15-19/h6-9,11,13,15,17-18,22,24-25,32,38H,10,12,14H2,1-5H3,(H,31,35)(H,33,36)/t17?,18-,22+,24?,25-/m1/s1. The molecule has 2 unspecified atom stereocenters. The van der Waals surface area contributed by atoms with Crippen molar-refractivity contribution < 1.29 is 24.2 Å². The average Bonchev–Trinajstić information content (AvgIpc) is 3.33. The van der Waals surface area contributed by atoms with Gasteiger partial charge < -0.3 is 20.1 Å². The second-order valence-electron chi connectivity index (χ2n) is 11.1. The number of carbonyl (C=O) groups excluding carboxylic acids is 3. The third-order valence-corrected chi connectivity index (χ3v) is 7.65. The minimum Gasteiger partial charge on any atom is -0.480 e. The van der Waals surface area contributed by atoms with Crippen LogP contribution in [-0.2, 0) is 9.59 Å². The number of nitrogens with one attached hydrogen (secondary N) is 3. The third-order valence-electron chi connectivity index (χ3n) is 7.41. The highest BCUT2D eigenvalue weighted by Crippen LogP contribution is 2.41. The van der Waals surface area contributed by atoms with Crippen LogP contribution in [0.4, 0.5) is 0 Å². The minimum absolute atomic E-state index is 0.0715. The van der Waals surface area contributed by atoms with Gasteiger partial charge in [-0.3, -0.25) is 19.8 Å². The summed E-state index contributed by atoms with van der Waals surface area (Å²) in [5, 5.41) is 14.2. The van der Waals surface area contributed by atoms with Gasteiger partial charge in [-0.1, -0.05) is 23.7 Å². The van der Waals surface area contributed by atoms with Gasteiger partial charge in [-0.25, -0.2) is 5.43 Å². The largest absolute Gasteiger partial charge is 0.480 e. The maximum atomic E-state index is 13.7. The monoisotopic (exact) mass is 556 g/mol. The van der Waals surface area contributed by atoms with E-state index >= 15 is 0 Å². The van der Waals surface area contributed by atoms with Crippen LogP contribution < -0.4 is 20.9 Å². The summed E-state index contributed by atoms with van der Waals surface area (Å²) in [6.45, 7) is 8.79. The molecule has 4 N–H and O–H groups in total. The van der Waals surface area contributed by atoms with Gasteiger partial charge in [0.1, 0.15) is 11.8 Å². The molecular weight excluding hydrogens is 520 g/mol. The van der Waals surface area contributed by atoms with Gasteiger partial charge in [0.05, 0.1) is 17.7 Å². The lowest BCUT2D eigenvalue weighted by atomic mass is 9.96. The number of aryl methyl sites for hydroxylation is 1. The Balaban J connectivity index is 1.48. The predicted molar refractivity (Wildman–Crippen MR) is 148 cm³/mol. The Morgan fingerprint density at radius 3 is 2.62 bits per heavy atom. The second kappa shape index (κ2) is 11.5. The number of ether oxygens (including phenoxy) is 1. The van der Waals surface area contributed by atoms with Crippen LogP contribution in [0.15, 0.2) is 42.5 Å². The number of carbonyl (C=O) groups is 3. The van der Waals surface area contributed by atoms with Gasteiger partial charge in [0.25, 0.3) is 11.8 Å². The smallest absolute Gasteiger partial charge is 0.275 e. The molecule has 0 spiro atoms. The van der Waals surface area contributed by atoms with Crippen molar-refractivity contribution in [1.29, 1.82) is 0 Å². The normalized spacial score (nSPS) is 24.2. The zero-order valence-corrected chi connectivity index (χ0v) is 23.7. The Bertz CT molecular complexity index is 1250. The van der Waals surface area contributed by atoms with Crippen molar-refractivity contribution in [3.8, 4) is 5.75 Å². The van der Waals surface area contributed by atoms with Gasteiger partial charge in [-0.2, -0.15) is 0 Å². The van der Waals surface area contributed by atoms with E-state index in [4.69, 9.17) is 16.3 Å². The number of hydrogen-bond acceptors (Lipinski definition) is 6. The van der Waals surface area contributed by atoms with Gasteiger partial charge in [0.2, 0.25) is 5.91 Å². The van der Waals surface area contributed by atoms with Crippen molar-refractivity contribution in [2.24, 2.45) is 0 Å². The molecule has 10 heteroatoms. The highest BCUT2D eigenvalue weighted by atomic mass is 35.5. The molecule has 2 fully saturated rings. The summed E-state index contributed by atoms with van der Waals surface area (Å²) in [5.41, 5.74) is 6.31. The van der Waals surface area contributed by atoms with Gasteiger partial charge >= 0.3 is 0 Å². The van der Waals surface area contributed by atoms with Crippen LogP contribution in [0.1, 0.15) is 74.5 Å². The van der Waals surface area contributed by atoms with Crippen molar-refractivity contribution in [3.63, 3.8) is 0 Å². The molecule has 2 heterocycles. The highest BCUT2D eigenvalue weighted by Gasteiger charge is 2.45. The van der Waals surface area contributed by atoms with E-state index in [2.05, 4.69) is 16.2 Å². The molecule has 210 valence electrons. The van der Waals surface area contributed by atoms with Crippen molar-refractivity contribution in [2.45, 2.75) is 89.8 Å². The first kappa shape index (κ1) is 28.9. The molecule has 9 nitrogen and oxygen atoms in total. The number of halogens is 1. The average molecular weight is 557 g/mol. The fourth-order valence-corrected chi connectivity index (χ4v) is 5.56. The second-order valence-corrected chi connectivity index (χ2v) is 11.6. The SMILES string of the molecule is Cc1cc(C(=O)N[C@H](C)C(=O)N2[C@H](c3cccc(Cl)c3)CC[C@@H]2C(C)(C)O)ccc1OC1CC(C)NNC1=O. The predicted octanol–water partition coefficient (Wildman–Crippen LogP) is 3.43. The number of benzene rings is 2. The molecule has 2 aliphatic rings. The fourth-order valence-electron chi connectivity index (χ4n) is 5.36. The molecular formula is C29H37ClN4O5. The van der Waals surface area contributed by atoms with E-state index in [1.165, 1.54) is 0 Å². The Morgan fingerprint density at radius 2 is 1.95 bits per heavy atom. The first-order valence-corrected chi connectivity index (χ1v) is 13.7. The van der Waals surface area contributed by atoms with Gasteiger partial charge in [-0.15, -0.1) is 0 Å². The molecule has 0 aromatic heterocycles. The fraction of sp³-hybridized carbons (Fsp3) is 0.483. The summed E-state index contributed by atoms with van der Waals surface area (Å²) >= 11 is 6.23. The van der Waals surface area contributed by atoms with E-state index in [0.717, 1.165) is 5.56 Å². The number of nitrogens with zero attached hydrogens (tertiary/aromatic N) is 1. The van der Waals surface area contributed by atoms with Gasteiger partial charge in [-0.05, 0) is 88.9 Å². The molecule has 39 heavy (non-hydrogen) atoms. The van der Waals surface area contributed by atoms with Crippen LogP contribution in [0.2, 0.25) is 5.02 Å². The van der Waals surface area contributed by atoms with Crippen molar-refractivity contribution >= 4 is 29.3 Å². The molecule has 2 aliphatic heterocycles. The lowest BCUT2D eigenvalue weighted by Crippen LogP contribution is -2.56. The summed E-state index contributed by atoms with van der Waals surface area (Å²) in [6, 6.07) is 10.9. The van der Waals surface area contributed by atoms with E-state index in [9.17, 15) is 19.5 Å². The molecule has 2 saturated heterocycles. The molecule has 2 aromatic carbocycles. The molecule has 5 atom stereocenters. The topological polar surface area (TPSA) is 120 Å². The van der Waals surface area contributed by atoms with Gasteiger partial charge in [0.15, 0.2) is 6.10 Å². The Hall–Kier alpha value is -3.14. The van der Waals surface area contributed by atoms with Gasteiger partial charge in [0, 0.05) is 23.0 Å². The lowest BCUT2D eigenvalue weighted by molar-refractivity contribution is -0.141. The molecule has 2 aromatic rings. The quantitative estimate of drug-likeness (QED) is 0.415. The van der Waals surface area contributed by atoms with E-state index in [1.807, 2.05) is 25.1 Å². The molecule has 4 rings (SSSR count). The zero-order valence-electron chi connectivity index (χ0n) is 23.0. The van der Waals surface area contributed by atoms with Crippen LogP contribution in [-0.4, -0.2) is 57.6 Å². The van der Waals surface area contributed by atoms with Crippen molar-refractivity contribution in [3.05, 3.63) is 64.2 Å². The van der Waals surface area contributed by atoms with Crippen LogP contribution in [0.3, 0.4) is 0 Å². The van der Waals surface area contributed by atoms with E-state index in [1.54, 1.807) is 56.9 Å². The van der Waals surface area contributed by atoms with E-state index in [0.29, 0.717) is 41.2 Å². The maximum absolute atomic E-state index is 13.7. The lowest BCUT2D eigenvalue weighted by Gasteiger charge is -2.38. The van der Waals surface area contributed by atoms with Crippen LogP contribution in [0.5, 0.6) is 5.75 Å². The van der Waals surface area contributed by atoms with Crippen LogP contribution >= 0.6 is 11.6 Å². The summed E-state index contributed by atoms with van der Waals surface area (Å²) in [6.07, 6.45) is 1.19. The Morgan fingerprint density at radius 1 is 1.21 bits per heavy atom. The molecule has 0 radical (unpaired) electrons. The number of rotatable bonds is 7. The number of hydrazine groups is 1. The Kier molecular flexibility index (Phi) is 8.54. The first-order valence-electron chi connectivity index (χ1n) is 13.3. The Labute approximate surface area is 234 Å². The van der Waals surface area contributed by atoms with E-state index < -0.39 is 29.7 Å². The van der Waals surface area contributed by atoms with Crippen LogP contribution in [0.25, 0.3) is 0 Å². The molecule has 3 amide bonds. The third kappa shape index (κ3) is 6.54. The molecule has 0 bridgehead atoms. The number of hydrogen-bond donors (Lipinski definition) is 4. The number of aliphatic hydroxyl groups is 1. The highest BCUT2D eigenvalue weighted by molar-refractivity contribution is 6.30. The first-order chi connectivity index (χ1) is 18.3. The van der Waals surface area contributed by atoms with E-state index in [-0.39, 0.29) is 23.9 Å². The molecule has 0 saturated carbocycles. The minimum atomic E-state index is -1.12. The summed E-state index contributed by atoms with van der Waals surface area (Å²) in [4.78, 5) is 40.7. The van der Waals surface area contributed by atoms with Crippen molar-refractivity contribution in [1.82, 2.24) is 21.1 Å².